The summed E-state index contributed by atoms with van der Waals surface area (Å²) in [6, 6.07) is 12.7. The van der Waals surface area contributed by atoms with E-state index in [1.807, 2.05) is 30.3 Å². The summed E-state index contributed by atoms with van der Waals surface area (Å²) in [4.78, 5) is 0. The topological polar surface area (TPSA) is 26.0 Å². The van der Waals surface area contributed by atoms with Crippen LogP contribution in [0.2, 0.25) is 0 Å². The van der Waals surface area contributed by atoms with E-state index in [1.54, 1.807) is 0 Å². The van der Waals surface area contributed by atoms with E-state index in [9.17, 15) is 13.2 Å². The SMILES string of the molecule is C=CCC[C@@H](N)c1ccc(-c2ccc(C(F)(F)F)cc2)cc1.Cl. The quantitative estimate of drug-likeness (QED) is 0.687. The van der Waals surface area contributed by atoms with Crippen LogP contribution in [0.4, 0.5) is 13.2 Å². The Balaban J connectivity index is 0.00000264. The Morgan fingerprint density at radius 2 is 1.43 bits per heavy atom. The highest BCUT2D eigenvalue weighted by molar-refractivity contribution is 5.85. The first-order valence-corrected chi connectivity index (χ1v) is 7.06. The van der Waals surface area contributed by atoms with Crippen LogP contribution in [0.3, 0.4) is 0 Å². The molecule has 0 spiro atoms. The fourth-order valence-corrected chi connectivity index (χ4v) is 2.24. The van der Waals surface area contributed by atoms with Gasteiger partial charge >= 0.3 is 6.18 Å². The molecule has 1 atom stereocenters. The van der Waals surface area contributed by atoms with Crippen LogP contribution in [0.5, 0.6) is 0 Å². The van der Waals surface area contributed by atoms with Crippen molar-refractivity contribution >= 4 is 12.4 Å². The molecule has 0 amide bonds. The Labute approximate surface area is 140 Å². The minimum atomic E-state index is -4.31. The number of rotatable bonds is 5. The second-order valence-corrected chi connectivity index (χ2v) is 5.17. The zero-order valence-corrected chi connectivity index (χ0v) is 13.3. The molecule has 23 heavy (non-hydrogen) atoms. The summed E-state index contributed by atoms with van der Waals surface area (Å²) in [7, 11) is 0. The Morgan fingerprint density at radius 3 is 1.87 bits per heavy atom. The van der Waals surface area contributed by atoms with Gasteiger partial charge in [0.05, 0.1) is 5.56 Å². The fourth-order valence-electron chi connectivity index (χ4n) is 2.24. The summed E-state index contributed by atoms with van der Waals surface area (Å²) in [6.07, 6.45) is -0.804. The molecule has 5 heteroatoms. The van der Waals surface area contributed by atoms with Crippen molar-refractivity contribution in [3.63, 3.8) is 0 Å². The van der Waals surface area contributed by atoms with E-state index in [2.05, 4.69) is 6.58 Å². The highest BCUT2D eigenvalue weighted by atomic mass is 35.5. The average Bonchev–Trinajstić information content (AvgIpc) is 2.52. The second-order valence-electron chi connectivity index (χ2n) is 5.17. The van der Waals surface area contributed by atoms with Crippen molar-refractivity contribution in [2.75, 3.05) is 0 Å². The van der Waals surface area contributed by atoms with Crippen molar-refractivity contribution in [3.8, 4) is 11.1 Å². The lowest BCUT2D eigenvalue weighted by molar-refractivity contribution is -0.137. The maximum atomic E-state index is 12.5. The van der Waals surface area contributed by atoms with E-state index in [0.717, 1.165) is 41.7 Å². The van der Waals surface area contributed by atoms with E-state index in [-0.39, 0.29) is 18.4 Å². The smallest absolute Gasteiger partial charge is 0.324 e. The zero-order valence-electron chi connectivity index (χ0n) is 12.5. The maximum absolute atomic E-state index is 12.5. The van der Waals surface area contributed by atoms with E-state index >= 15 is 0 Å². The number of benzene rings is 2. The number of hydrogen-bond acceptors (Lipinski definition) is 1. The summed E-state index contributed by atoms with van der Waals surface area (Å²) in [5.74, 6) is 0. The third-order valence-corrected chi connectivity index (χ3v) is 3.57. The van der Waals surface area contributed by atoms with E-state index < -0.39 is 11.7 Å². The van der Waals surface area contributed by atoms with Gasteiger partial charge in [0.15, 0.2) is 0 Å². The highest BCUT2D eigenvalue weighted by Gasteiger charge is 2.29. The van der Waals surface area contributed by atoms with Gasteiger partial charge in [0.1, 0.15) is 0 Å². The van der Waals surface area contributed by atoms with Gasteiger partial charge in [-0.3, -0.25) is 0 Å². The molecule has 2 aromatic rings. The van der Waals surface area contributed by atoms with Crippen molar-refractivity contribution in [2.45, 2.75) is 25.1 Å². The lowest BCUT2D eigenvalue weighted by Gasteiger charge is -2.12. The number of halogens is 4. The first kappa shape index (κ1) is 19.3. The van der Waals surface area contributed by atoms with Crippen molar-refractivity contribution in [3.05, 3.63) is 72.3 Å². The summed E-state index contributed by atoms with van der Waals surface area (Å²) in [6.45, 7) is 3.67. The van der Waals surface area contributed by atoms with Crippen LogP contribution in [0, 0.1) is 0 Å². The van der Waals surface area contributed by atoms with Gasteiger partial charge in [0, 0.05) is 6.04 Å². The maximum Gasteiger partial charge on any atom is 0.416 e. The Kier molecular flexibility index (Phi) is 6.85. The molecule has 2 rings (SSSR count). The van der Waals surface area contributed by atoms with Crippen LogP contribution < -0.4 is 5.73 Å². The largest absolute Gasteiger partial charge is 0.416 e. The molecule has 0 aliphatic heterocycles. The lowest BCUT2D eigenvalue weighted by atomic mass is 9.98. The van der Waals surface area contributed by atoms with Crippen LogP contribution in [-0.2, 0) is 6.18 Å². The van der Waals surface area contributed by atoms with E-state index in [1.165, 1.54) is 12.1 Å². The number of nitrogens with two attached hydrogens (primary N) is 1. The minimum absolute atomic E-state index is 0. The monoisotopic (exact) mass is 341 g/mol. The van der Waals surface area contributed by atoms with Crippen LogP contribution >= 0.6 is 12.4 Å². The molecule has 0 fully saturated rings. The average molecular weight is 342 g/mol. The van der Waals surface area contributed by atoms with Crippen LogP contribution in [-0.4, -0.2) is 0 Å². The van der Waals surface area contributed by atoms with Gasteiger partial charge in [0.25, 0.3) is 0 Å². The molecule has 2 N–H and O–H groups in total. The second kappa shape index (κ2) is 8.18. The molecule has 0 saturated carbocycles. The molecule has 0 unspecified atom stereocenters. The third kappa shape index (κ3) is 5.12. The van der Waals surface area contributed by atoms with Gasteiger partial charge in [-0.25, -0.2) is 0 Å². The van der Waals surface area contributed by atoms with Crippen LogP contribution in [0.25, 0.3) is 11.1 Å². The molecular weight excluding hydrogens is 323 g/mol. The predicted octanol–water partition coefficient (Wildman–Crippen LogP) is 5.76. The minimum Gasteiger partial charge on any atom is -0.324 e. The molecule has 0 aromatic heterocycles. The molecule has 2 aromatic carbocycles. The van der Waals surface area contributed by atoms with Crippen LogP contribution in [0.1, 0.15) is 30.0 Å². The first-order valence-electron chi connectivity index (χ1n) is 7.06. The summed E-state index contributed by atoms with van der Waals surface area (Å²) in [5, 5.41) is 0. The van der Waals surface area contributed by atoms with Gasteiger partial charge in [-0.2, -0.15) is 13.2 Å². The molecule has 0 heterocycles. The van der Waals surface area contributed by atoms with Crippen molar-refractivity contribution in [1.29, 1.82) is 0 Å². The zero-order chi connectivity index (χ0) is 16.2. The molecule has 0 aliphatic rings. The normalized spacial score (nSPS) is 12.3. The number of hydrogen-bond donors (Lipinski definition) is 1. The molecule has 0 bridgehead atoms. The van der Waals surface area contributed by atoms with Crippen LogP contribution in [0.15, 0.2) is 61.2 Å². The Hall–Kier alpha value is -1.78. The number of alkyl halides is 3. The standard InChI is InChI=1S/C18H18F3N.ClH/c1-2-3-4-17(22)15-7-5-13(6-8-15)14-9-11-16(12-10-14)18(19,20)21;/h2,5-12,17H,1,3-4,22H2;1H/t17-;/m1./s1. The summed E-state index contributed by atoms with van der Waals surface area (Å²) >= 11 is 0. The van der Waals surface area contributed by atoms with Gasteiger partial charge < -0.3 is 5.73 Å². The first-order chi connectivity index (χ1) is 10.4. The van der Waals surface area contributed by atoms with Gasteiger partial charge in [0.2, 0.25) is 0 Å². The Bertz CT molecular complexity index is 618. The van der Waals surface area contributed by atoms with Gasteiger partial charge in [-0.1, -0.05) is 42.5 Å². The van der Waals surface area contributed by atoms with E-state index in [0.29, 0.717) is 0 Å². The summed E-state index contributed by atoms with van der Waals surface area (Å²) in [5.41, 5.74) is 8.05. The molecule has 0 saturated heterocycles. The molecule has 0 aliphatic carbocycles. The third-order valence-electron chi connectivity index (χ3n) is 3.57. The number of allylic oxidation sites excluding steroid dienone is 1. The summed E-state index contributed by atoms with van der Waals surface area (Å²) < 4.78 is 37.6. The van der Waals surface area contributed by atoms with E-state index in [4.69, 9.17) is 5.73 Å². The molecular formula is C18H19ClF3N. The lowest BCUT2D eigenvalue weighted by Crippen LogP contribution is -2.09. The fraction of sp³-hybridized carbons (Fsp3) is 0.222. The van der Waals surface area contributed by atoms with Crippen molar-refractivity contribution in [1.82, 2.24) is 0 Å². The van der Waals surface area contributed by atoms with Gasteiger partial charge in [-0.15, -0.1) is 19.0 Å². The highest BCUT2D eigenvalue weighted by Crippen LogP contribution is 2.31. The Morgan fingerprint density at radius 1 is 0.957 bits per heavy atom. The van der Waals surface area contributed by atoms with Gasteiger partial charge in [-0.05, 0) is 41.7 Å². The van der Waals surface area contributed by atoms with Crippen molar-refractivity contribution in [2.24, 2.45) is 5.73 Å². The molecule has 0 radical (unpaired) electrons. The van der Waals surface area contributed by atoms with Crippen molar-refractivity contribution < 1.29 is 13.2 Å². The molecule has 1 nitrogen and oxygen atoms in total. The predicted molar refractivity (Wildman–Crippen MR) is 90.5 cm³/mol. The molecule has 124 valence electrons.